The van der Waals surface area contributed by atoms with Crippen LogP contribution in [-0.4, -0.2) is 12.0 Å². The number of carbonyl (C=O) groups is 1. The number of ether oxygens (including phenoxy) is 1. The summed E-state index contributed by atoms with van der Waals surface area (Å²) in [7, 11) is 0. The number of para-hydroxylation sites is 2. The van der Waals surface area contributed by atoms with Crippen LogP contribution in [0.15, 0.2) is 72.8 Å². The molecule has 4 heteroatoms. The molecule has 0 aromatic heterocycles. The Labute approximate surface area is 172 Å². The first-order chi connectivity index (χ1) is 13.9. The van der Waals surface area contributed by atoms with E-state index in [1.165, 1.54) is 11.1 Å². The maximum atomic E-state index is 12.7. The van der Waals surface area contributed by atoms with Gasteiger partial charge in [-0.1, -0.05) is 55.8 Å². The molecular weight excluding hydrogens is 360 g/mol. The van der Waals surface area contributed by atoms with Crippen molar-refractivity contribution < 1.29 is 9.53 Å². The van der Waals surface area contributed by atoms with Crippen LogP contribution in [0.25, 0.3) is 0 Å². The van der Waals surface area contributed by atoms with Gasteiger partial charge in [-0.05, 0) is 61.7 Å². The molecule has 0 aliphatic carbocycles. The van der Waals surface area contributed by atoms with Crippen LogP contribution >= 0.6 is 0 Å². The Morgan fingerprint density at radius 3 is 2.07 bits per heavy atom. The molecule has 3 aromatic rings. The second-order valence-electron chi connectivity index (χ2n) is 7.51. The molecule has 0 bridgehead atoms. The fourth-order valence-electron chi connectivity index (χ4n) is 2.92. The molecule has 0 spiro atoms. The number of nitrogens with one attached hydrogen (secondary N) is 2. The van der Waals surface area contributed by atoms with E-state index in [0.717, 1.165) is 11.4 Å². The van der Waals surface area contributed by atoms with Crippen molar-refractivity contribution in [3.8, 4) is 5.75 Å². The highest BCUT2D eigenvalue weighted by molar-refractivity contribution is 5.97. The summed E-state index contributed by atoms with van der Waals surface area (Å²) in [5, 5.41) is 6.32. The third-order valence-corrected chi connectivity index (χ3v) is 4.74. The monoisotopic (exact) mass is 388 g/mol. The van der Waals surface area contributed by atoms with Crippen LogP contribution in [0.2, 0.25) is 0 Å². The van der Waals surface area contributed by atoms with Gasteiger partial charge in [-0.15, -0.1) is 0 Å². The fraction of sp³-hybridized carbons (Fsp3) is 0.240. The van der Waals surface area contributed by atoms with Gasteiger partial charge in [0.25, 0.3) is 5.91 Å². The van der Waals surface area contributed by atoms with Crippen LogP contribution in [0.5, 0.6) is 5.75 Å². The standard InChI is InChI=1S/C25H28N2O2/c1-17(2)20-11-15-22(16-12-20)29-19(4)25(28)27-24-8-6-5-7-23(24)26-21-13-9-18(3)10-14-21/h5-17,19,26H,1-4H3,(H,27,28). The summed E-state index contributed by atoms with van der Waals surface area (Å²) in [6.45, 7) is 8.10. The molecule has 0 heterocycles. The first kappa shape index (κ1) is 20.5. The summed E-state index contributed by atoms with van der Waals surface area (Å²) >= 11 is 0. The molecule has 0 saturated carbocycles. The van der Waals surface area contributed by atoms with E-state index in [9.17, 15) is 4.79 Å². The summed E-state index contributed by atoms with van der Waals surface area (Å²) in [4.78, 5) is 12.7. The minimum atomic E-state index is -0.618. The molecule has 1 unspecified atom stereocenters. The topological polar surface area (TPSA) is 50.4 Å². The molecule has 29 heavy (non-hydrogen) atoms. The lowest BCUT2D eigenvalue weighted by Gasteiger charge is -2.17. The van der Waals surface area contributed by atoms with Crippen LogP contribution in [0.3, 0.4) is 0 Å². The summed E-state index contributed by atoms with van der Waals surface area (Å²) in [5.41, 5.74) is 4.95. The molecule has 1 atom stereocenters. The second kappa shape index (κ2) is 9.28. The van der Waals surface area contributed by atoms with Gasteiger partial charge in [-0.3, -0.25) is 4.79 Å². The zero-order chi connectivity index (χ0) is 20.8. The molecule has 3 rings (SSSR count). The summed E-state index contributed by atoms with van der Waals surface area (Å²) in [6.07, 6.45) is -0.618. The molecule has 0 aliphatic rings. The Morgan fingerprint density at radius 1 is 0.828 bits per heavy atom. The smallest absolute Gasteiger partial charge is 0.265 e. The zero-order valence-electron chi connectivity index (χ0n) is 17.4. The van der Waals surface area contributed by atoms with Crippen LogP contribution in [-0.2, 0) is 4.79 Å². The van der Waals surface area contributed by atoms with E-state index in [0.29, 0.717) is 17.4 Å². The van der Waals surface area contributed by atoms with Crippen LogP contribution < -0.4 is 15.4 Å². The van der Waals surface area contributed by atoms with Gasteiger partial charge >= 0.3 is 0 Å². The summed E-state index contributed by atoms with van der Waals surface area (Å²) in [6, 6.07) is 23.6. The van der Waals surface area contributed by atoms with Crippen molar-refractivity contribution in [2.45, 2.75) is 39.7 Å². The number of aryl methyl sites for hydroxylation is 1. The second-order valence-corrected chi connectivity index (χ2v) is 7.51. The molecule has 0 radical (unpaired) electrons. The van der Waals surface area contributed by atoms with E-state index < -0.39 is 6.10 Å². The van der Waals surface area contributed by atoms with Crippen molar-refractivity contribution in [1.29, 1.82) is 0 Å². The lowest BCUT2D eigenvalue weighted by atomic mass is 10.0. The molecule has 150 valence electrons. The molecule has 1 amide bonds. The largest absolute Gasteiger partial charge is 0.481 e. The van der Waals surface area contributed by atoms with E-state index in [1.807, 2.05) is 72.8 Å². The van der Waals surface area contributed by atoms with Crippen molar-refractivity contribution >= 4 is 23.0 Å². The number of amides is 1. The first-order valence-corrected chi connectivity index (χ1v) is 9.92. The summed E-state index contributed by atoms with van der Waals surface area (Å²) in [5.74, 6) is 0.946. The third kappa shape index (κ3) is 5.61. The number of hydrogen-bond acceptors (Lipinski definition) is 3. The molecule has 0 fully saturated rings. The number of hydrogen-bond donors (Lipinski definition) is 2. The SMILES string of the molecule is Cc1ccc(Nc2ccccc2NC(=O)C(C)Oc2ccc(C(C)C)cc2)cc1. The quantitative estimate of drug-likeness (QED) is 0.502. The molecule has 4 nitrogen and oxygen atoms in total. The van der Waals surface area contributed by atoms with Gasteiger partial charge in [0.1, 0.15) is 5.75 Å². The number of carbonyl (C=O) groups excluding carboxylic acids is 1. The van der Waals surface area contributed by atoms with Gasteiger partial charge in [-0.25, -0.2) is 0 Å². The Hall–Kier alpha value is -3.27. The molecule has 0 aliphatic heterocycles. The highest BCUT2D eigenvalue weighted by atomic mass is 16.5. The molecule has 3 aromatic carbocycles. The van der Waals surface area contributed by atoms with Gasteiger partial charge in [0.2, 0.25) is 0 Å². The number of anilines is 3. The van der Waals surface area contributed by atoms with E-state index in [4.69, 9.17) is 4.74 Å². The predicted octanol–water partition coefficient (Wildman–Crippen LogP) is 6.27. The van der Waals surface area contributed by atoms with Gasteiger partial charge < -0.3 is 15.4 Å². The van der Waals surface area contributed by atoms with Gasteiger partial charge in [-0.2, -0.15) is 0 Å². The Balaban J connectivity index is 1.66. The fourth-order valence-corrected chi connectivity index (χ4v) is 2.92. The molecular formula is C25H28N2O2. The maximum absolute atomic E-state index is 12.7. The molecule has 2 N–H and O–H groups in total. The highest BCUT2D eigenvalue weighted by Crippen LogP contribution is 2.26. The minimum absolute atomic E-state index is 0.198. The van der Waals surface area contributed by atoms with Crippen molar-refractivity contribution in [3.05, 3.63) is 83.9 Å². The molecule has 0 saturated heterocycles. The van der Waals surface area contributed by atoms with Crippen LogP contribution in [0.1, 0.15) is 37.8 Å². The minimum Gasteiger partial charge on any atom is -0.481 e. The first-order valence-electron chi connectivity index (χ1n) is 9.92. The lowest BCUT2D eigenvalue weighted by Crippen LogP contribution is -2.30. The van der Waals surface area contributed by atoms with E-state index in [2.05, 4.69) is 31.4 Å². The van der Waals surface area contributed by atoms with Crippen LogP contribution in [0, 0.1) is 6.92 Å². The van der Waals surface area contributed by atoms with Crippen molar-refractivity contribution in [1.82, 2.24) is 0 Å². The van der Waals surface area contributed by atoms with E-state index in [1.54, 1.807) is 6.92 Å². The number of rotatable bonds is 7. The van der Waals surface area contributed by atoms with E-state index in [-0.39, 0.29) is 5.91 Å². The van der Waals surface area contributed by atoms with Crippen molar-refractivity contribution in [3.63, 3.8) is 0 Å². The average molecular weight is 389 g/mol. The van der Waals surface area contributed by atoms with Crippen molar-refractivity contribution in [2.24, 2.45) is 0 Å². The maximum Gasteiger partial charge on any atom is 0.265 e. The van der Waals surface area contributed by atoms with Crippen LogP contribution in [0.4, 0.5) is 17.1 Å². The van der Waals surface area contributed by atoms with Crippen molar-refractivity contribution in [2.75, 3.05) is 10.6 Å². The Morgan fingerprint density at radius 2 is 1.45 bits per heavy atom. The Kier molecular flexibility index (Phi) is 6.55. The van der Waals surface area contributed by atoms with Gasteiger partial charge in [0, 0.05) is 5.69 Å². The zero-order valence-corrected chi connectivity index (χ0v) is 17.4. The third-order valence-electron chi connectivity index (χ3n) is 4.74. The predicted molar refractivity (Wildman–Crippen MR) is 120 cm³/mol. The lowest BCUT2D eigenvalue weighted by molar-refractivity contribution is -0.122. The average Bonchev–Trinajstić information content (AvgIpc) is 2.71. The van der Waals surface area contributed by atoms with Gasteiger partial charge in [0.15, 0.2) is 6.10 Å². The van der Waals surface area contributed by atoms with Gasteiger partial charge in [0.05, 0.1) is 11.4 Å². The van der Waals surface area contributed by atoms with E-state index >= 15 is 0 Å². The highest BCUT2D eigenvalue weighted by Gasteiger charge is 2.16. The number of benzene rings is 3. The summed E-state index contributed by atoms with van der Waals surface area (Å²) < 4.78 is 5.82. The normalized spacial score (nSPS) is 11.8. The Bertz CT molecular complexity index is 947.